The highest BCUT2D eigenvalue weighted by atomic mass is 16.5. The van der Waals surface area contributed by atoms with Crippen molar-refractivity contribution in [3.63, 3.8) is 0 Å². The highest BCUT2D eigenvalue weighted by Crippen LogP contribution is 2.23. The average Bonchev–Trinajstić information content (AvgIpc) is 2.74. The van der Waals surface area contributed by atoms with Crippen LogP contribution in [0.5, 0.6) is 5.75 Å². The van der Waals surface area contributed by atoms with E-state index in [0.29, 0.717) is 13.2 Å². The number of hydrogen-bond donors (Lipinski definition) is 1. The molecule has 1 aromatic rings. The van der Waals surface area contributed by atoms with Crippen LogP contribution in [0.25, 0.3) is 0 Å². The lowest BCUT2D eigenvalue weighted by Crippen LogP contribution is -2.43. The summed E-state index contributed by atoms with van der Waals surface area (Å²) in [5.41, 5.74) is -0.0317. The normalized spacial score (nSPS) is 16.9. The van der Waals surface area contributed by atoms with Crippen molar-refractivity contribution in [2.45, 2.75) is 58.5 Å². The fraction of sp³-hybridized carbons (Fsp3) is 0.696. The molecule has 6 heteroatoms. The summed E-state index contributed by atoms with van der Waals surface area (Å²) in [5.74, 6) is 0.729. The lowest BCUT2D eigenvalue weighted by atomic mass is 9.96. The molecule has 1 saturated heterocycles. The van der Waals surface area contributed by atoms with Crippen LogP contribution in [0.15, 0.2) is 24.3 Å². The maximum absolute atomic E-state index is 12.9. The highest BCUT2D eigenvalue weighted by Gasteiger charge is 2.33. The van der Waals surface area contributed by atoms with Crippen molar-refractivity contribution in [2.24, 2.45) is 0 Å². The number of amides is 1. The number of morpholine rings is 1. The Bertz CT molecular complexity index is 587. The molecule has 1 aliphatic rings. The number of rotatable bonds is 13. The quantitative estimate of drug-likeness (QED) is 0.500. The van der Waals surface area contributed by atoms with Crippen LogP contribution < -0.4 is 10.1 Å². The molecule has 0 bridgehead atoms. The molecule has 1 aliphatic heterocycles. The molecule has 1 amide bonds. The van der Waals surface area contributed by atoms with Gasteiger partial charge in [-0.1, -0.05) is 33.1 Å². The van der Waals surface area contributed by atoms with Crippen LogP contribution in [0.1, 0.15) is 52.9 Å². The number of hydrogen-bond acceptors (Lipinski definition) is 5. The summed E-state index contributed by atoms with van der Waals surface area (Å²) in [6.45, 7) is 11.8. The number of carbonyl (C=O) groups is 1. The summed E-state index contributed by atoms with van der Waals surface area (Å²) in [6, 6.07) is 7.56. The van der Waals surface area contributed by atoms with Crippen LogP contribution in [0.2, 0.25) is 0 Å². The molecule has 6 nitrogen and oxygen atoms in total. The van der Waals surface area contributed by atoms with Gasteiger partial charge in [0, 0.05) is 31.9 Å². The molecule has 1 fully saturated rings. The number of unbranched alkanes of at least 4 members (excludes halogenated alkanes) is 2. The Morgan fingerprint density at radius 2 is 1.83 bits per heavy atom. The standard InChI is InChI=1S/C23H38N2O4/c1-4-6-7-12-23(3,29-16-5-2)22(26)24-20-8-10-21(11-9-20)28-19-15-25-13-17-27-18-14-25/h8-11H,4-7,12-19H2,1-3H3,(H,24,26). The van der Waals surface area contributed by atoms with Crippen molar-refractivity contribution in [2.75, 3.05) is 51.4 Å². The number of ether oxygens (including phenoxy) is 3. The van der Waals surface area contributed by atoms with Crippen LogP contribution >= 0.6 is 0 Å². The monoisotopic (exact) mass is 406 g/mol. The first-order chi connectivity index (χ1) is 14.1. The average molecular weight is 407 g/mol. The second-order valence-electron chi connectivity index (χ2n) is 7.82. The van der Waals surface area contributed by atoms with Gasteiger partial charge in [0.25, 0.3) is 5.91 Å². The molecule has 1 N–H and O–H groups in total. The molecule has 1 unspecified atom stereocenters. The number of benzene rings is 1. The number of carbonyl (C=O) groups excluding carboxylic acids is 1. The lowest BCUT2D eigenvalue weighted by molar-refractivity contribution is -0.140. The van der Waals surface area contributed by atoms with E-state index in [1.165, 1.54) is 0 Å². The van der Waals surface area contributed by atoms with Crippen molar-refractivity contribution >= 4 is 11.6 Å². The molecule has 1 aromatic carbocycles. The summed E-state index contributed by atoms with van der Waals surface area (Å²) in [7, 11) is 0. The van der Waals surface area contributed by atoms with E-state index >= 15 is 0 Å². The predicted molar refractivity (Wildman–Crippen MR) is 117 cm³/mol. The first-order valence-electron chi connectivity index (χ1n) is 11.1. The Hall–Kier alpha value is -1.63. The van der Waals surface area contributed by atoms with E-state index in [4.69, 9.17) is 14.2 Å². The number of anilines is 1. The molecule has 1 heterocycles. The summed E-state index contributed by atoms with van der Waals surface area (Å²) in [4.78, 5) is 15.2. The van der Waals surface area contributed by atoms with Gasteiger partial charge in [-0.15, -0.1) is 0 Å². The molecule has 0 aliphatic carbocycles. The Kier molecular flexibility index (Phi) is 10.5. The highest BCUT2D eigenvalue weighted by molar-refractivity contribution is 5.97. The number of nitrogens with zero attached hydrogens (tertiary/aromatic N) is 1. The SMILES string of the molecule is CCCCCC(C)(OCCC)C(=O)Nc1ccc(OCCN2CCOCC2)cc1. The van der Waals surface area contributed by atoms with Crippen molar-refractivity contribution in [1.82, 2.24) is 4.90 Å². The van der Waals surface area contributed by atoms with Crippen LogP contribution in [0.3, 0.4) is 0 Å². The van der Waals surface area contributed by atoms with Crippen molar-refractivity contribution in [1.29, 1.82) is 0 Å². The Morgan fingerprint density at radius 3 is 2.48 bits per heavy atom. The minimum atomic E-state index is -0.793. The smallest absolute Gasteiger partial charge is 0.256 e. The second-order valence-corrected chi connectivity index (χ2v) is 7.82. The first-order valence-corrected chi connectivity index (χ1v) is 11.1. The minimum absolute atomic E-state index is 0.0805. The first kappa shape index (κ1) is 23.6. The molecule has 29 heavy (non-hydrogen) atoms. The molecule has 0 aromatic heterocycles. The third kappa shape index (κ3) is 8.33. The summed E-state index contributed by atoms with van der Waals surface area (Å²) in [5, 5.41) is 3.01. The molecular formula is C23H38N2O4. The Morgan fingerprint density at radius 1 is 1.10 bits per heavy atom. The van der Waals surface area contributed by atoms with Gasteiger partial charge in [0.15, 0.2) is 0 Å². The lowest BCUT2D eigenvalue weighted by Gasteiger charge is -2.29. The molecule has 164 valence electrons. The molecule has 0 saturated carbocycles. The van der Waals surface area contributed by atoms with E-state index in [-0.39, 0.29) is 5.91 Å². The van der Waals surface area contributed by atoms with Gasteiger partial charge in [0.2, 0.25) is 0 Å². The zero-order valence-corrected chi connectivity index (χ0v) is 18.4. The molecular weight excluding hydrogens is 368 g/mol. The summed E-state index contributed by atoms with van der Waals surface area (Å²) >= 11 is 0. The number of nitrogens with one attached hydrogen (secondary N) is 1. The van der Waals surface area contributed by atoms with Gasteiger partial charge in [-0.05, 0) is 44.0 Å². The zero-order chi connectivity index (χ0) is 21.0. The van der Waals surface area contributed by atoms with E-state index in [1.807, 2.05) is 31.2 Å². The minimum Gasteiger partial charge on any atom is -0.492 e. The van der Waals surface area contributed by atoms with Crippen LogP contribution in [-0.2, 0) is 14.3 Å². The molecule has 0 spiro atoms. The Balaban J connectivity index is 1.83. The third-order valence-corrected chi connectivity index (χ3v) is 5.25. The van der Waals surface area contributed by atoms with Crippen molar-refractivity contribution in [3.05, 3.63) is 24.3 Å². The third-order valence-electron chi connectivity index (χ3n) is 5.25. The van der Waals surface area contributed by atoms with E-state index in [1.54, 1.807) is 0 Å². The van der Waals surface area contributed by atoms with Gasteiger partial charge in [-0.25, -0.2) is 0 Å². The predicted octanol–water partition coefficient (Wildman–Crippen LogP) is 4.10. The van der Waals surface area contributed by atoms with E-state index in [2.05, 4.69) is 24.1 Å². The van der Waals surface area contributed by atoms with Crippen molar-refractivity contribution in [3.8, 4) is 5.75 Å². The van der Waals surface area contributed by atoms with Crippen LogP contribution in [-0.4, -0.2) is 62.5 Å². The van der Waals surface area contributed by atoms with Gasteiger partial charge in [0.05, 0.1) is 13.2 Å². The van der Waals surface area contributed by atoms with E-state index in [9.17, 15) is 4.79 Å². The molecule has 0 radical (unpaired) electrons. The van der Waals surface area contributed by atoms with Crippen LogP contribution in [0, 0.1) is 0 Å². The van der Waals surface area contributed by atoms with Gasteiger partial charge in [-0.3, -0.25) is 9.69 Å². The second kappa shape index (κ2) is 12.8. The zero-order valence-electron chi connectivity index (χ0n) is 18.4. The van der Waals surface area contributed by atoms with Gasteiger partial charge in [0.1, 0.15) is 18.0 Å². The topological polar surface area (TPSA) is 60.0 Å². The summed E-state index contributed by atoms with van der Waals surface area (Å²) in [6.07, 6.45) is 4.84. The van der Waals surface area contributed by atoms with Crippen molar-refractivity contribution < 1.29 is 19.0 Å². The van der Waals surface area contributed by atoms with E-state index < -0.39 is 5.60 Å². The van der Waals surface area contributed by atoms with Gasteiger partial charge >= 0.3 is 0 Å². The molecule has 2 rings (SSSR count). The van der Waals surface area contributed by atoms with E-state index in [0.717, 1.165) is 76.4 Å². The maximum Gasteiger partial charge on any atom is 0.256 e. The summed E-state index contributed by atoms with van der Waals surface area (Å²) < 4.78 is 17.1. The fourth-order valence-electron chi connectivity index (χ4n) is 3.31. The maximum atomic E-state index is 12.9. The van der Waals surface area contributed by atoms with Crippen LogP contribution in [0.4, 0.5) is 5.69 Å². The van der Waals surface area contributed by atoms with Gasteiger partial charge in [-0.2, -0.15) is 0 Å². The van der Waals surface area contributed by atoms with Gasteiger partial charge < -0.3 is 19.5 Å². The largest absolute Gasteiger partial charge is 0.492 e. The molecule has 1 atom stereocenters. The fourth-order valence-corrected chi connectivity index (χ4v) is 3.31. The Labute approximate surface area is 175 Å².